The van der Waals surface area contributed by atoms with E-state index >= 15 is 0 Å². The Morgan fingerprint density at radius 3 is 2.62 bits per heavy atom. The first-order valence-corrected chi connectivity index (χ1v) is 4.33. The van der Waals surface area contributed by atoms with Gasteiger partial charge in [-0.05, 0) is 18.6 Å². The van der Waals surface area contributed by atoms with Crippen molar-refractivity contribution in [1.82, 2.24) is 5.32 Å². The molecule has 0 unspecified atom stereocenters. The van der Waals surface area contributed by atoms with Gasteiger partial charge in [-0.2, -0.15) is 0 Å². The minimum absolute atomic E-state index is 0.238. The standard InChI is InChI=1S/C9H12N2OS/c1-7-5-3-4-6-8(7)11(13)9(12)10-2/h3-6,13H,1-2H3,(H,10,12). The van der Waals surface area contributed by atoms with Crippen molar-refractivity contribution in [2.24, 2.45) is 0 Å². The molecule has 0 aliphatic heterocycles. The van der Waals surface area contributed by atoms with Crippen LogP contribution in [-0.4, -0.2) is 13.1 Å². The monoisotopic (exact) mass is 196 g/mol. The van der Waals surface area contributed by atoms with E-state index in [-0.39, 0.29) is 6.03 Å². The molecule has 0 aliphatic carbocycles. The predicted octanol–water partition coefficient (Wildman–Crippen LogP) is 1.99. The summed E-state index contributed by atoms with van der Waals surface area (Å²) in [4.78, 5) is 11.2. The Balaban J connectivity index is 2.95. The van der Waals surface area contributed by atoms with Crippen molar-refractivity contribution in [3.8, 4) is 0 Å². The van der Waals surface area contributed by atoms with Crippen LogP contribution in [0.2, 0.25) is 0 Å². The van der Waals surface area contributed by atoms with Gasteiger partial charge in [0, 0.05) is 7.05 Å². The van der Waals surface area contributed by atoms with Crippen LogP contribution in [0.15, 0.2) is 24.3 Å². The molecule has 0 atom stereocenters. The Kier molecular flexibility index (Phi) is 3.19. The van der Waals surface area contributed by atoms with Gasteiger partial charge in [-0.3, -0.25) is 0 Å². The van der Waals surface area contributed by atoms with E-state index in [9.17, 15) is 4.79 Å². The maximum atomic E-state index is 11.2. The van der Waals surface area contributed by atoms with Crippen molar-refractivity contribution in [2.75, 3.05) is 11.4 Å². The van der Waals surface area contributed by atoms with E-state index in [4.69, 9.17) is 0 Å². The summed E-state index contributed by atoms with van der Waals surface area (Å²) in [6, 6.07) is 7.33. The number of thiol groups is 1. The number of carbonyl (C=O) groups is 1. The average Bonchev–Trinajstić information content (AvgIpc) is 2.16. The Morgan fingerprint density at radius 2 is 2.08 bits per heavy atom. The first-order valence-electron chi connectivity index (χ1n) is 3.93. The zero-order valence-corrected chi connectivity index (χ0v) is 8.51. The second kappa shape index (κ2) is 4.18. The van der Waals surface area contributed by atoms with Crippen LogP contribution in [0.4, 0.5) is 10.5 Å². The van der Waals surface area contributed by atoms with Gasteiger partial charge in [0.2, 0.25) is 0 Å². The Hall–Kier alpha value is -1.16. The minimum atomic E-state index is -0.238. The van der Waals surface area contributed by atoms with Crippen molar-refractivity contribution >= 4 is 24.5 Å². The molecule has 1 aromatic carbocycles. The Bertz CT molecular complexity index is 314. The summed E-state index contributed by atoms with van der Waals surface area (Å²) in [7, 11) is 1.57. The fourth-order valence-electron chi connectivity index (χ4n) is 1.02. The normalized spacial score (nSPS) is 9.46. The van der Waals surface area contributed by atoms with Crippen LogP contribution in [0.3, 0.4) is 0 Å². The zero-order chi connectivity index (χ0) is 9.84. The van der Waals surface area contributed by atoms with Gasteiger partial charge in [-0.1, -0.05) is 31.0 Å². The van der Waals surface area contributed by atoms with E-state index in [0.29, 0.717) is 0 Å². The number of carbonyl (C=O) groups excluding carboxylic acids is 1. The first-order chi connectivity index (χ1) is 6.16. The minimum Gasteiger partial charge on any atom is -0.340 e. The number of hydrogen-bond donors (Lipinski definition) is 2. The van der Waals surface area contributed by atoms with E-state index in [1.165, 1.54) is 4.31 Å². The molecule has 0 saturated heterocycles. The third kappa shape index (κ3) is 2.15. The summed E-state index contributed by atoms with van der Waals surface area (Å²) in [5.74, 6) is 0. The number of nitrogens with zero attached hydrogens (tertiary/aromatic N) is 1. The summed E-state index contributed by atoms with van der Waals surface area (Å²) in [6.45, 7) is 1.93. The number of benzene rings is 1. The fraction of sp³-hybridized carbons (Fsp3) is 0.222. The molecule has 13 heavy (non-hydrogen) atoms. The molecule has 0 spiro atoms. The van der Waals surface area contributed by atoms with Gasteiger partial charge in [0.25, 0.3) is 0 Å². The van der Waals surface area contributed by atoms with E-state index < -0.39 is 0 Å². The summed E-state index contributed by atoms with van der Waals surface area (Å²) < 4.78 is 1.29. The maximum absolute atomic E-state index is 11.2. The van der Waals surface area contributed by atoms with Crippen LogP contribution in [-0.2, 0) is 0 Å². The molecule has 1 N–H and O–H groups in total. The zero-order valence-electron chi connectivity index (χ0n) is 7.61. The highest BCUT2D eigenvalue weighted by molar-refractivity contribution is 7.82. The van der Waals surface area contributed by atoms with E-state index in [0.717, 1.165) is 11.3 Å². The quantitative estimate of drug-likeness (QED) is 0.661. The highest BCUT2D eigenvalue weighted by Crippen LogP contribution is 2.20. The summed E-state index contributed by atoms with van der Waals surface area (Å²) >= 11 is 4.09. The number of rotatable bonds is 1. The number of para-hydroxylation sites is 1. The molecular formula is C9H12N2OS. The van der Waals surface area contributed by atoms with Gasteiger partial charge in [0.1, 0.15) is 0 Å². The van der Waals surface area contributed by atoms with Gasteiger partial charge >= 0.3 is 6.03 Å². The van der Waals surface area contributed by atoms with E-state index in [1.54, 1.807) is 7.05 Å². The fourth-order valence-corrected chi connectivity index (χ4v) is 1.34. The molecule has 0 saturated carbocycles. The lowest BCUT2D eigenvalue weighted by atomic mass is 10.2. The van der Waals surface area contributed by atoms with Crippen LogP contribution in [0.5, 0.6) is 0 Å². The van der Waals surface area contributed by atoms with Crippen LogP contribution < -0.4 is 9.62 Å². The van der Waals surface area contributed by atoms with Crippen molar-refractivity contribution in [1.29, 1.82) is 0 Å². The summed E-state index contributed by atoms with van der Waals surface area (Å²) in [5.41, 5.74) is 1.81. The van der Waals surface area contributed by atoms with E-state index in [2.05, 4.69) is 18.1 Å². The van der Waals surface area contributed by atoms with Crippen molar-refractivity contribution in [3.05, 3.63) is 29.8 Å². The lowest BCUT2D eigenvalue weighted by molar-refractivity contribution is 0.252. The second-order valence-electron chi connectivity index (χ2n) is 2.65. The van der Waals surface area contributed by atoms with Gasteiger partial charge in [-0.25, -0.2) is 9.10 Å². The van der Waals surface area contributed by atoms with Crippen LogP contribution in [0.1, 0.15) is 5.56 Å². The topological polar surface area (TPSA) is 32.3 Å². The molecule has 0 fully saturated rings. The summed E-state index contributed by atoms with van der Waals surface area (Å²) in [6.07, 6.45) is 0. The third-order valence-electron chi connectivity index (χ3n) is 1.75. The third-order valence-corrected chi connectivity index (χ3v) is 2.15. The second-order valence-corrected chi connectivity index (χ2v) is 3.05. The molecule has 0 radical (unpaired) electrons. The number of anilines is 1. The lowest BCUT2D eigenvalue weighted by Gasteiger charge is -2.16. The van der Waals surface area contributed by atoms with E-state index in [1.807, 2.05) is 31.2 Å². The van der Waals surface area contributed by atoms with Crippen LogP contribution >= 0.6 is 12.8 Å². The SMILES string of the molecule is CNC(=O)N(S)c1ccccc1C. The van der Waals surface area contributed by atoms with Crippen molar-refractivity contribution in [3.63, 3.8) is 0 Å². The smallest absolute Gasteiger partial charge is 0.331 e. The molecule has 0 heterocycles. The van der Waals surface area contributed by atoms with Gasteiger partial charge in [-0.15, -0.1) is 0 Å². The van der Waals surface area contributed by atoms with Crippen LogP contribution in [0, 0.1) is 6.92 Å². The Labute approximate surface area is 83.3 Å². The Morgan fingerprint density at radius 1 is 1.46 bits per heavy atom. The number of urea groups is 1. The molecule has 2 amide bonds. The molecule has 1 rings (SSSR count). The molecule has 70 valence electrons. The molecule has 0 aromatic heterocycles. The number of amides is 2. The molecule has 1 aromatic rings. The number of nitrogens with one attached hydrogen (secondary N) is 1. The first kappa shape index (κ1) is 9.92. The molecule has 0 bridgehead atoms. The number of aryl methyl sites for hydroxylation is 1. The summed E-state index contributed by atoms with van der Waals surface area (Å²) in [5, 5.41) is 2.50. The highest BCUT2D eigenvalue weighted by Gasteiger charge is 2.10. The highest BCUT2D eigenvalue weighted by atomic mass is 32.1. The van der Waals surface area contributed by atoms with Crippen molar-refractivity contribution < 1.29 is 4.79 Å². The maximum Gasteiger partial charge on any atom is 0.331 e. The molecule has 3 nitrogen and oxygen atoms in total. The van der Waals surface area contributed by atoms with Gasteiger partial charge in [0.15, 0.2) is 0 Å². The molecular weight excluding hydrogens is 184 g/mol. The molecule has 4 heteroatoms. The average molecular weight is 196 g/mol. The molecule has 0 aliphatic rings. The van der Waals surface area contributed by atoms with Gasteiger partial charge < -0.3 is 5.32 Å². The van der Waals surface area contributed by atoms with Gasteiger partial charge in [0.05, 0.1) is 5.69 Å². The lowest BCUT2D eigenvalue weighted by Crippen LogP contribution is -2.31. The van der Waals surface area contributed by atoms with Crippen molar-refractivity contribution in [2.45, 2.75) is 6.92 Å². The number of hydrogen-bond acceptors (Lipinski definition) is 2. The van der Waals surface area contributed by atoms with Crippen LogP contribution in [0.25, 0.3) is 0 Å². The predicted molar refractivity (Wildman–Crippen MR) is 57.1 cm³/mol. The largest absolute Gasteiger partial charge is 0.340 e.